The van der Waals surface area contributed by atoms with Crippen LogP contribution in [0, 0.1) is 7.14 Å². The molecule has 1 aliphatic rings. The molecule has 180 valence electrons. The standard InChI is InChI=1S/C24H16ClI2NO6S/c1-32-23(30)19-7-6-16(34-19)11-28-22(29)20(35-24(28)31)10-14-8-17(26)21(18(27)9-14)33-12-13-2-4-15(25)5-3-13/h2-10H,11-12H2,1H3/b20-10+. The number of imide groups is 1. The highest BCUT2D eigenvalue weighted by Gasteiger charge is 2.36. The maximum atomic E-state index is 12.9. The van der Waals surface area contributed by atoms with Crippen molar-refractivity contribution in [3.8, 4) is 5.75 Å². The lowest BCUT2D eigenvalue weighted by molar-refractivity contribution is -0.123. The van der Waals surface area contributed by atoms with E-state index in [9.17, 15) is 14.4 Å². The zero-order valence-electron chi connectivity index (χ0n) is 18.0. The summed E-state index contributed by atoms with van der Waals surface area (Å²) in [6.45, 7) is 0.317. The maximum Gasteiger partial charge on any atom is 0.373 e. The summed E-state index contributed by atoms with van der Waals surface area (Å²) in [7, 11) is 1.24. The van der Waals surface area contributed by atoms with E-state index in [1.807, 2.05) is 36.4 Å². The summed E-state index contributed by atoms with van der Waals surface area (Å²) in [4.78, 5) is 38.3. The lowest BCUT2D eigenvalue weighted by Gasteiger charge is -2.12. The maximum absolute atomic E-state index is 12.9. The van der Waals surface area contributed by atoms with Crippen LogP contribution in [0.1, 0.15) is 27.4 Å². The molecule has 2 aromatic carbocycles. The van der Waals surface area contributed by atoms with Crippen LogP contribution < -0.4 is 4.74 Å². The summed E-state index contributed by atoms with van der Waals surface area (Å²) in [5.74, 6) is -0.00223. The van der Waals surface area contributed by atoms with E-state index in [1.165, 1.54) is 19.2 Å². The number of methoxy groups -OCH3 is 1. The number of hydrogen-bond acceptors (Lipinski definition) is 7. The van der Waals surface area contributed by atoms with Crippen LogP contribution in [0.3, 0.4) is 0 Å². The molecule has 0 spiro atoms. The Labute approximate surface area is 237 Å². The molecular formula is C24H16ClI2NO6S. The Bertz CT molecular complexity index is 1320. The first-order valence-electron chi connectivity index (χ1n) is 10.0. The monoisotopic (exact) mass is 735 g/mol. The summed E-state index contributed by atoms with van der Waals surface area (Å²) in [5.41, 5.74) is 1.77. The molecule has 0 unspecified atom stereocenters. The van der Waals surface area contributed by atoms with Crippen molar-refractivity contribution in [2.75, 3.05) is 7.11 Å². The summed E-state index contributed by atoms with van der Waals surface area (Å²) in [6.07, 6.45) is 1.68. The molecule has 11 heteroatoms. The molecule has 1 saturated heterocycles. The molecule has 0 N–H and O–H groups in total. The van der Waals surface area contributed by atoms with Gasteiger partial charge in [0.1, 0.15) is 18.1 Å². The van der Waals surface area contributed by atoms with E-state index < -0.39 is 17.1 Å². The van der Waals surface area contributed by atoms with Crippen molar-refractivity contribution in [3.05, 3.63) is 88.2 Å². The average molecular weight is 736 g/mol. The Morgan fingerprint density at radius 3 is 2.46 bits per heavy atom. The minimum atomic E-state index is -0.630. The second-order valence-corrected chi connectivity index (χ2v) is 11.0. The van der Waals surface area contributed by atoms with Crippen LogP contribution in [0.15, 0.2) is 57.9 Å². The van der Waals surface area contributed by atoms with Gasteiger partial charge in [-0.05, 0) is 111 Å². The molecule has 1 aliphatic heterocycles. The zero-order chi connectivity index (χ0) is 25.1. The van der Waals surface area contributed by atoms with Crippen molar-refractivity contribution in [2.24, 2.45) is 0 Å². The normalized spacial score (nSPS) is 14.6. The number of rotatable bonds is 7. The average Bonchev–Trinajstić information content (AvgIpc) is 3.39. The van der Waals surface area contributed by atoms with E-state index in [0.29, 0.717) is 22.3 Å². The van der Waals surface area contributed by atoms with Crippen LogP contribution in [0.4, 0.5) is 4.79 Å². The minimum Gasteiger partial charge on any atom is -0.487 e. The van der Waals surface area contributed by atoms with Gasteiger partial charge < -0.3 is 13.9 Å². The molecule has 2 amide bonds. The zero-order valence-corrected chi connectivity index (χ0v) is 23.9. The third-order valence-corrected chi connectivity index (χ3v) is 7.61. The van der Waals surface area contributed by atoms with E-state index in [0.717, 1.165) is 40.7 Å². The van der Waals surface area contributed by atoms with Gasteiger partial charge in [0.15, 0.2) is 0 Å². The number of amides is 2. The third kappa shape index (κ3) is 6.22. The number of hydrogen-bond donors (Lipinski definition) is 0. The molecule has 7 nitrogen and oxygen atoms in total. The Morgan fingerprint density at radius 1 is 1.11 bits per heavy atom. The predicted molar refractivity (Wildman–Crippen MR) is 149 cm³/mol. The van der Waals surface area contributed by atoms with E-state index in [4.69, 9.17) is 20.8 Å². The van der Waals surface area contributed by atoms with Gasteiger partial charge in [0.2, 0.25) is 5.76 Å². The molecule has 1 aromatic heterocycles. The van der Waals surface area contributed by atoms with Gasteiger partial charge in [-0.15, -0.1) is 0 Å². The lowest BCUT2D eigenvalue weighted by Crippen LogP contribution is -2.27. The SMILES string of the molecule is COC(=O)c1ccc(CN2C(=O)S/C(=C/c3cc(I)c(OCc4ccc(Cl)cc4)c(I)c3)C2=O)o1. The number of nitrogens with zero attached hydrogens (tertiary/aromatic N) is 1. The first-order chi connectivity index (χ1) is 16.7. The molecule has 0 atom stereocenters. The largest absolute Gasteiger partial charge is 0.487 e. The van der Waals surface area contributed by atoms with Crippen molar-refractivity contribution < 1.29 is 28.3 Å². The highest BCUT2D eigenvalue weighted by atomic mass is 127. The summed E-state index contributed by atoms with van der Waals surface area (Å²) in [6, 6.07) is 14.2. The molecule has 1 fully saturated rings. The number of thioether (sulfide) groups is 1. The molecule has 0 saturated carbocycles. The van der Waals surface area contributed by atoms with E-state index >= 15 is 0 Å². The van der Waals surface area contributed by atoms with Crippen LogP contribution in [0.2, 0.25) is 5.02 Å². The van der Waals surface area contributed by atoms with Crippen LogP contribution in [0.5, 0.6) is 5.75 Å². The fraction of sp³-hybridized carbons (Fsp3) is 0.125. The van der Waals surface area contributed by atoms with E-state index in [2.05, 4.69) is 49.9 Å². The molecule has 0 bridgehead atoms. The lowest BCUT2D eigenvalue weighted by atomic mass is 10.2. The topological polar surface area (TPSA) is 86.0 Å². The van der Waals surface area contributed by atoms with Gasteiger partial charge in [0.05, 0.1) is 25.7 Å². The molecule has 4 rings (SSSR count). The Morgan fingerprint density at radius 2 is 1.80 bits per heavy atom. The fourth-order valence-electron chi connectivity index (χ4n) is 3.15. The highest BCUT2D eigenvalue weighted by molar-refractivity contribution is 14.1. The van der Waals surface area contributed by atoms with Crippen LogP contribution in [-0.4, -0.2) is 29.1 Å². The molecular weight excluding hydrogens is 720 g/mol. The molecule has 0 radical (unpaired) electrons. The summed E-state index contributed by atoms with van der Waals surface area (Å²) in [5, 5.41) is 0.256. The number of furan rings is 1. The predicted octanol–water partition coefficient (Wildman–Crippen LogP) is 6.74. The Kier molecular flexibility index (Phi) is 8.45. The van der Waals surface area contributed by atoms with Crippen molar-refractivity contribution in [1.29, 1.82) is 0 Å². The van der Waals surface area contributed by atoms with Crippen LogP contribution >= 0.6 is 68.5 Å². The van der Waals surface area contributed by atoms with Crippen molar-refractivity contribution in [1.82, 2.24) is 4.90 Å². The molecule has 2 heterocycles. The highest BCUT2D eigenvalue weighted by Crippen LogP contribution is 2.36. The van der Waals surface area contributed by atoms with Crippen molar-refractivity contribution in [3.63, 3.8) is 0 Å². The smallest absolute Gasteiger partial charge is 0.373 e. The fourth-order valence-corrected chi connectivity index (χ4v) is 6.25. The Balaban J connectivity index is 1.47. The molecule has 3 aromatic rings. The Hall–Kier alpha value is -2.03. The number of halogens is 3. The van der Waals surface area contributed by atoms with Gasteiger partial charge in [0, 0.05) is 5.02 Å². The van der Waals surface area contributed by atoms with Gasteiger partial charge in [-0.25, -0.2) is 4.79 Å². The number of esters is 1. The quantitative estimate of drug-likeness (QED) is 0.151. The van der Waals surface area contributed by atoms with Gasteiger partial charge in [-0.2, -0.15) is 0 Å². The van der Waals surface area contributed by atoms with Crippen molar-refractivity contribution >= 4 is 91.7 Å². The van der Waals surface area contributed by atoms with E-state index in [1.54, 1.807) is 6.08 Å². The minimum absolute atomic E-state index is 0.00698. The first kappa shape index (κ1) is 26.0. The summed E-state index contributed by atoms with van der Waals surface area (Å²) >= 11 is 11.2. The third-order valence-electron chi connectivity index (χ3n) is 4.85. The second-order valence-electron chi connectivity index (χ2n) is 7.25. The molecule has 0 aliphatic carbocycles. The number of carbonyl (C=O) groups is 3. The van der Waals surface area contributed by atoms with Crippen molar-refractivity contribution in [2.45, 2.75) is 13.2 Å². The van der Waals surface area contributed by atoms with Gasteiger partial charge in [0.25, 0.3) is 11.1 Å². The summed E-state index contributed by atoms with van der Waals surface area (Å²) < 4.78 is 17.7. The number of ether oxygens (including phenoxy) is 2. The van der Waals surface area contributed by atoms with E-state index in [-0.39, 0.29) is 12.3 Å². The molecule has 35 heavy (non-hydrogen) atoms. The van der Waals surface area contributed by atoms with Gasteiger partial charge in [-0.3, -0.25) is 14.5 Å². The number of carbonyl (C=O) groups excluding carboxylic acids is 3. The van der Waals surface area contributed by atoms with Gasteiger partial charge >= 0.3 is 5.97 Å². The first-order valence-corrected chi connectivity index (χ1v) is 13.4. The van der Waals surface area contributed by atoms with Crippen LogP contribution in [-0.2, 0) is 22.7 Å². The van der Waals surface area contributed by atoms with Gasteiger partial charge in [-0.1, -0.05) is 23.7 Å². The van der Waals surface area contributed by atoms with Crippen LogP contribution in [0.25, 0.3) is 6.08 Å². The number of benzene rings is 2. The second kappa shape index (κ2) is 11.4.